The topological polar surface area (TPSA) is 32.7 Å². The molecule has 0 radical (unpaired) electrons. The van der Waals surface area contributed by atoms with Gasteiger partial charge < -0.3 is 9.84 Å². The molecule has 0 bridgehead atoms. The Balaban J connectivity index is 2.31. The number of aliphatic hydroxyl groups excluding tert-OH is 1. The lowest BCUT2D eigenvalue weighted by atomic mass is 10.0. The lowest BCUT2D eigenvalue weighted by molar-refractivity contribution is 0.0996. The molecule has 2 atom stereocenters. The molecule has 0 aromatic carbocycles. The summed E-state index contributed by atoms with van der Waals surface area (Å²) in [5.74, 6) is 0.704. The highest BCUT2D eigenvalue weighted by Gasteiger charge is 2.30. The minimum absolute atomic E-state index is 0.129. The number of hydrogen-bond acceptors (Lipinski definition) is 3. The van der Waals surface area contributed by atoms with Crippen LogP contribution in [0.5, 0.6) is 0 Å². The number of ether oxygens (including phenoxy) is 1. The second-order valence-corrected chi connectivity index (χ2v) is 4.86. The molecule has 1 heterocycles. The smallest absolute Gasteiger partial charge is 0.0682 e. The molecule has 3 nitrogen and oxygen atoms in total. The van der Waals surface area contributed by atoms with Crippen molar-refractivity contribution in [2.45, 2.75) is 45.8 Å². The Bertz CT molecular complexity index is 173. The third kappa shape index (κ3) is 4.49. The largest absolute Gasteiger partial charge is 0.392 e. The molecule has 0 aliphatic carbocycles. The van der Waals surface area contributed by atoms with Crippen molar-refractivity contribution in [3.05, 3.63) is 0 Å². The SMILES string of the molecule is CCOCCN1C[C@H](O)C[C@H]1CC(C)C. The van der Waals surface area contributed by atoms with Crippen molar-refractivity contribution < 1.29 is 9.84 Å². The van der Waals surface area contributed by atoms with Gasteiger partial charge >= 0.3 is 0 Å². The van der Waals surface area contributed by atoms with Gasteiger partial charge in [0.2, 0.25) is 0 Å². The second kappa shape index (κ2) is 6.46. The van der Waals surface area contributed by atoms with Crippen LogP contribution < -0.4 is 0 Å². The number of rotatable bonds is 6. The summed E-state index contributed by atoms with van der Waals surface area (Å²) in [6, 6.07) is 0.556. The van der Waals surface area contributed by atoms with Gasteiger partial charge in [0.1, 0.15) is 0 Å². The first-order valence-electron chi connectivity index (χ1n) is 6.13. The summed E-state index contributed by atoms with van der Waals surface area (Å²) in [4.78, 5) is 2.38. The maximum atomic E-state index is 9.66. The van der Waals surface area contributed by atoms with Crippen LogP contribution in [0, 0.1) is 5.92 Å². The van der Waals surface area contributed by atoms with Gasteiger partial charge in [0.15, 0.2) is 0 Å². The number of nitrogens with zero attached hydrogens (tertiary/aromatic N) is 1. The van der Waals surface area contributed by atoms with Crippen molar-refractivity contribution in [1.82, 2.24) is 4.90 Å². The first-order valence-corrected chi connectivity index (χ1v) is 6.13. The number of likely N-dealkylation sites (tertiary alicyclic amines) is 1. The molecule has 1 rings (SSSR count). The molecule has 15 heavy (non-hydrogen) atoms. The highest BCUT2D eigenvalue weighted by molar-refractivity contribution is 4.85. The second-order valence-electron chi connectivity index (χ2n) is 4.86. The molecule has 90 valence electrons. The average Bonchev–Trinajstić information content (AvgIpc) is 2.46. The van der Waals surface area contributed by atoms with Gasteiger partial charge in [0.25, 0.3) is 0 Å². The fourth-order valence-corrected chi connectivity index (χ4v) is 2.35. The van der Waals surface area contributed by atoms with Crippen LogP contribution in [0.1, 0.15) is 33.6 Å². The van der Waals surface area contributed by atoms with Crippen molar-refractivity contribution >= 4 is 0 Å². The Kier molecular flexibility index (Phi) is 5.58. The molecule has 1 aliphatic heterocycles. The van der Waals surface area contributed by atoms with Crippen molar-refractivity contribution in [1.29, 1.82) is 0 Å². The van der Waals surface area contributed by atoms with Gasteiger partial charge in [-0.3, -0.25) is 4.90 Å². The molecule has 0 amide bonds. The summed E-state index contributed by atoms with van der Waals surface area (Å²) in [5.41, 5.74) is 0. The zero-order valence-corrected chi connectivity index (χ0v) is 10.3. The van der Waals surface area contributed by atoms with E-state index in [1.807, 2.05) is 6.92 Å². The predicted molar refractivity (Wildman–Crippen MR) is 61.9 cm³/mol. The zero-order valence-electron chi connectivity index (χ0n) is 10.3. The average molecular weight is 215 g/mol. The van der Waals surface area contributed by atoms with Crippen LogP contribution >= 0.6 is 0 Å². The molecule has 0 spiro atoms. The highest BCUT2D eigenvalue weighted by atomic mass is 16.5. The minimum atomic E-state index is -0.129. The van der Waals surface area contributed by atoms with Gasteiger partial charge in [-0.2, -0.15) is 0 Å². The van der Waals surface area contributed by atoms with Gasteiger partial charge in [-0.25, -0.2) is 0 Å². The Hall–Kier alpha value is -0.120. The molecule has 0 aromatic heterocycles. The summed E-state index contributed by atoms with van der Waals surface area (Å²) in [7, 11) is 0. The molecule has 0 aromatic rings. The van der Waals surface area contributed by atoms with Crippen molar-refractivity contribution in [3.63, 3.8) is 0 Å². The van der Waals surface area contributed by atoms with E-state index in [1.165, 1.54) is 6.42 Å². The number of β-amino-alcohol motifs (C(OH)–C–C–N with tert-alkyl or cyclic N) is 1. The van der Waals surface area contributed by atoms with E-state index in [-0.39, 0.29) is 6.10 Å². The standard InChI is InChI=1S/C12H25NO2/c1-4-15-6-5-13-9-12(14)8-11(13)7-10(2)3/h10-12,14H,4-9H2,1-3H3/t11-,12-/m1/s1. The van der Waals surface area contributed by atoms with E-state index in [2.05, 4.69) is 18.7 Å². The van der Waals surface area contributed by atoms with Crippen LogP contribution in [-0.2, 0) is 4.74 Å². The van der Waals surface area contributed by atoms with E-state index in [0.29, 0.717) is 12.0 Å². The normalized spacial score (nSPS) is 27.8. The molecular weight excluding hydrogens is 190 g/mol. The predicted octanol–water partition coefficient (Wildman–Crippen LogP) is 1.50. The summed E-state index contributed by atoms with van der Waals surface area (Å²) < 4.78 is 5.36. The van der Waals surface area contributed by atoms with E-state index in [0.717, 1.165) is 32.7 Å². The molecule has 1 N–H and O–H groups in total. The summed E-state index contributed by atoms with van der Waals surface area (Å²) in [6.07, 6.45) is 1.99. The molecule has 1 aliphatic rings. The lowest BCUT2D eigenvalue weighted by Gasteiger charge is -2.25. The summed E-state index contributed by atoms with van der Waals surface area (Å²) in [5, 5.41) is 9.66. The van der Waals surface area contributed by atoms with Crippen LogP contribution in [-0.4, -0.2) is 48.5 Å². The minimum Gasteiger partial charge on any atom is -0.392 e. The number of hydrogen-bond donors (Lipinski definition) is 1. The Morgan fingerprint density at radius 2 is 2.20 bits per heavy atom. The van der Waals surface area contributed by atoms with Gasteiger partial charge in [-0.1, -0.05) is 13.8 Å². The van der Waals surface area contributed by atoms with Gasteiger partial charge in [-0.05, 0) is 25.7 Å². The number of aliphatic hydroxyl groups is 1. The van der Waals surface area contributed by atoms with E-state index in [4.69, 9.17) is 4.74 Å². The quantitative estimate of drug-likeness (QED) is 0.682. The van der Waals surface area contributed by atoms with Gasteiger partial charge in [0.05, 0.1) is 12.7 Å². The van der Waals surface area contributed by atoms with Crippen LogP contribution in [0.4, 0.5) is 0 Å². The fraction of sp³-hybridized carbons (Fsp3) is 1.00. The van der Waals surface area contributed by atoms with Crippen LogP contribution in [0.3, 0.4) is 0 Å². The Labute approximate surface area is 93.4 Å². The van der Waals surface area contributed by atoms with E-state index >= 15 is 0 Å². The summed E-state index contributed by atoms with van der Waals surface area (Å²) >= 11 is 0. The van der Waals surface area contributed by atoms with Crippen molar-refractivity contribution in [3.8, 4) is 0 Å². The monoisotopic (exact) mass is 215 g/mol. The molecule has 1 fully saturated rings. The van der Waals surface area contributed by atoms with Crippen LogP contribution in [0.15, 0.2) is 0 Å². The molecule has 0 saturated carbocycles. The maximum Gasteiger partial charge on any atom is 0.0682 e. The molecular formula is C12H25NO2. The third-order valence-electron chi connectivity index (χ3n) is 2.98. The van der Waals surface area contributed by atoms with Gasteiger partial charge in [0, 0.05) is 25.7 Å². The Morgan fingerprint density at radius 1 is 1.47 bits per heavy atom. The first-order chi connectivity index (χ1) is 7.13. The van der Waals surface area contributed by atoms with E-state index in [9.17, 15) is 5.11 Å². The summed E-state index contributed by atoms with van der Waals surface area (Å²) in [6.45, 7) is 9.86. The van der Waals surface area contributed by atoms with Crippen LogP contribution in [0.2, 0.25) is 0 Å². The van der Waals surface area contributed by atoms with Crippen molar-refractivity contribution in [2.24, 2.45) is 5.92 Å². The van der Waals surface area contributed by atoms with Gasteiger partial charge in [-0.15, -0.1) is 0 Å². The fourth-order valence-electron chi connectivity index (χ4n) is 2.35. The third-order valence-corrected chi connectivity index (χ3v) is 2.98. The molecule has 0 unspecified atom stereocenters. The highest BCUT2D eigenvalue weighted by Crippen LogP contribution is 2.23. The van der Waals surface area contributed by atoms with E-state index in [1.54, 1.807) is 0 Å². The van der Waals surface area contributed by atoms with Crippen molar-refractivity contribution in [2.75, 3.05) is 26.3 Å². The van der Waals surface area contributed by atoms with E-state index < -0.39 is 0 Å². The maximum absolute atomic E-state index is 9.66. The Morgan fingerprint density at radius 3 is 2.80 bits per heavy atom. The lowest BCUT2D eigenvalue weighted by Crippen LogP contribution is -2.33. The molecule has 3 heteroatoms. The molecule has 1 saturated heterocycles. The first kappa shape index (κ1) is 12.9. The zero-order chi connectivity index (χ0) is 11.3. The van der Waals surface area contributed by atoms with Crippen LogP contribution in [0.25, 0.3) is 0 Å².